The van der Waals surface area contributed by atoms with Crippen molar-refractivity contribution in [1.29, 1.82) is 0 Å². The second-order valence-corrected chi connectivity index (χ2v) is 4.90. The van der Waals surface area contributed by atoms with Gasteiger partial charge in [-0.25, -0.2) is 4.98 Å². The number of nitrogens with two attached hydrogens (primary N) is 1. The average molecular weight is 248 g/mol. The van der Waals surface area contributed by atoms with E-state index in [0.717, 1.165) is 4.88 Å². The van der Waals surface area contributed by atoms with E-state index in [-0.39, 0.29) is 17.4 Å². The summed E-state index contributed by atoms with van der Waals surface area (Å²) in [5, 5.41) is 2.77. The Morgan fingerprint density at radius 1 is 1.47 bits per heavy atom. The van der Waals surface area contributed by atoms with Gasteiger partial charge in [0.1, 0.15) is 11.5 Å². The Kier molecular flexibility index (Phi) is 3.34. The number of carbonyl (C=O) groups is 1. The summed E-state index contributed by atoms with van der Waals surface area (Å²) in [6.45, 7) is 2.52. The van der Waals surface area contributed by atoms with Crippen molar-refractivity contribution in [2.75, 3.05) is 5.73 Å². The number of hydrogen-bond acceptors (Lipinski definition) is 5. The molecule has 6 heteroatoms. The average Bonchev–Trinajstić information content (AvgIpc) is 2.72. The summed E-state index contributed by atoms with van der Waals surface area (Å²) in [7, 11) is 0. The molecule has 2 aromatic heterocycles. The van der Waals surface area contributed by atoms with E-state index in [9.17, 15) is 4.79 Å². The first kappa shape index (κ1) is 11.5. The van der Waals surface area contributed by atoms with Crippen LogP contribution in [-0.2, 0) is 6.54 Å². The first-order chi connectivity index (χ1) is 8.15. The predicted octanol–water partition coefficient (Wildman–Crippen LogP) is 1.36. The highest BCUT2D eigenvalue weighted by Gasteiger charge is 2.08. The largest absolute Gasteiger partial charge is 0.382 e. The van der Waals surface area contributed by atoms with Gasteiger partial charge >= 0.3 is 0 Å². The summed E-state index contributed by atoms with van der Waals surface area (Å²) in [6.07, 6.45) is 2.80. The van der Waals surface area contributed by atoms with Crippen molar-refractivity contribution in [2.45, 2.75) is 13.5 Å². The van der Waals surface area contributed by atoms with Gasteiger partial charge in [-0.1, -0.05) is 0 Å². The molecule has 0 aliphatic heterocycles. The van der Waals surface area contributed by atoms with Crippen LogP contribution in [0.4, 0.5) is 5.82 Å². The van der Waals surface area contributed by atoms with Crippen molar-refractivity contribution < 1.29 is 4.79 Å². The third-order valence-corrected chi connectivity index (χ3v) is 3.11. The lowest BCUT2D eigenvalue weighted by molar-refractivity contribution is 0.0946. The number of nitrogens with zero attached hydrogens (tertiary/aromatic N) is 2. The van der Waals surface area contributed by atoms with Gasteiger partial charge in [-0.15, -0.1) is 11.3 Å². The molecule has 0 spiro atoms. The number of rotatable bonds is 3. The normalized spacial score (nSPS) is 10.2. The number of amides is 1. The van der Waals surface area contributed by atoms with Crippen LogP contribution in [-0.4, -0.2) is 15.9 Å². The van der Waals surface area contributed by atoms with Gasteiger partial charge in [-0.05, 0) is 19.1 Å². The van der Waals surface area contributed by atoms with Gasteiger partial charge in [0.25, 0.3) is 5.91 Å². The molecule has 0 radical (unpaired) electrons. The van der Waals surface area contributed by atoms with Crippen LogP contribution in [0.25, 0.3) is 0 Å². The maximum absolute atomic E-state index is 11.7. The van der Waals surface area contributed by atoms with Crippen LogP contribution in [0.2, 0.25) is 0 Å². The molecule has 0 atom stereocenters. The first-order valence-electron chi connectivity index (χ1n) is 5.06. The lowest BCUT2D eigenvalue weighted by Gasteiger charge is -2.02. The van der Waals surface area contributed by atoms with Crippen LogP contribution in [0, 0.1) is 6.92 Å². The Labute approximate surface area is 103 Å². The van der Waals surface area contributed by atoms with Gasteiger partial charge in [0.15, 0.2) is 0 Å². The van der Waals surface area contributed by atoms with E-state index < -0.39 is 0 Å². The summed E-state index contributed by atoms with van der Waals surface area (Å²) in [6, 6.07) is 4.01. The molecule has 2 heterocycles. The first-order valence-corrected chi connectivity index (χ1v) is 5.88. The second-order valence-electron chi connectivity index (χ2n) is 3.52. The van der Waals surface area contributed by atoms with E-state index in [0.29, 0.717) is 6.54 Å². The maximum atomic E-state index is 11.7. The number of hydrogen-bond donors (Lipinski definition) is 2. The number of aromatic nitrogens is 2. The van der Waals surface area contributed by atoms with E-state index in [1.807, 2.05) is 19.1 Å². The van der Waals surface area contributed by atoms with Crippen LogP contribution >= 0.6 is 11.3 Å². The fourth-order valence-corrected chi connectivity index (χ4v) is 2.16. The van der Waals surface area contributed by atoms with Crippen LogP contribution < -0.4 is 11.1 Å². The molecule has 0 aliphatic rings. The Morgan fingerprint density at radius 2 is 2.29 bits per heavy atom. The predicted molar refractivity (Wildman–Crippen MR) is 66.7 cm³/mol. The number of anilines is 1. The minimum Gasteiger partial charge on any atom is -0.382 e. The lowest BCUT2D eigenvalue weighted by Crippen LogP contribution is -2.23. The van der Waals surface area contributed by atoms with Crippen molar-refractivity contribution in [3.8, 4) is 0 Å². The fourth-order valence-electron chi connectivity index (χ4n) is 1.33. The van der Waals surface area contributed by atoms with Crippen molar-refractivity contribution >= 4 is 23.1 Å². The minimum atomic E-state index is -0.268. The molecule has 1 amide bonds. The highest BCUT2D eigenvalue weighted by Crippen LogP contribution is 2.14. The molecule has 0 bridgehead atoms. The van der Waals surface area contributed by atoms with Gasteiger partial charge in [-0.3, -0.25) is 9.78 Å². The van der Waals surface area contributed by atoms with E-state index in [1.165, 1.54) is 17.3 Å². The summed E-state index contributed by atoms with van der Waals surface area (Å²) < 4.78 is 0. The Morgan fingerprint density at radius 3 is 2.94 bits per heavy atom. The molecule has 0 unspecified atom stereocenters. The van der Waals surface area contributed by atoms with Crippen molar-refractivity contribution in [3.05, 3.63) is 40.0 Å². The Bertz CT molecular complexity index is 538. The SMILES string of the molecule is Cc1ccc(CNC(=O)c2cncc(N)n2)s1. The third-order valence-electron chi connectivity index (χ3n) is 2.11. The van der Waals surface area contributed by atoms with Gasteiger partial charge in [0.2, 0.25) is 0 Å². The number of carbonyl (C=O) groups excluding carboxylic acids is 1. The maximum Gasteiger partial charge on any atom is 0.271 e. The van der Waals surface area contributed by atoms with Crippen LogP contribution in [0.5, 0.6) is 0 Å². The molecular weight excluding hydrogens is 236 g/mol. The molecule has 17 heavy (non-hydrogen) atoms. The lowest BCUT2D eigenvalue weighted by atomic mass is 10.4. The highest BCUT2D eigenvalue weighted by molar-refractivity contribution is 7.11. The number of nitrogen functional groups attached to an aromatic ring is 1. The zero-order valence-corrected chi connectivity index (χ0v) is 10.1. The molecule has 2 rings (SSSR count). The fraction of sp³-hybridized carbons (Fsp3) is 0.182. The standard InChI is InChI=1S/C11H12N4OS/c1-7-2-3-8(17-7)4-14-11(16)9-5-13-6-10(12)15-9/h2-3,5-6H,4H2,1H3,(H2,12,15)(H,14,16). The quantitative estimate of drug-likeness (QED) is 0.859. The smallest absolute Gasteiger partial charge is 0.271 e. The molecule has 0 aliphatic carbocycles. The number of aryl methyl sites for hydroxylation is 1. The molecule has 3 N–H and O–H groups in total. The van der Waals surface area contributed by atoms with Crippen LogP contribution in [0.1, 0.15) is 20.2 Å². The monoisotopic (exact) mass is 248 g/mol. The van der Waals surface area contributed by atoms with Gasteiger partial charge in [-0.2, -0.15) is 0 Å². The van der Waals surface area contributed by atoms with Crippen LogP contribution in [0.3, 0.4) is 0 Å². The van der Waals surface area contributed by atoms with Crippen LogP contribution in [0.15, 0.2) is 24.5 Å². The molecule has 0 saturated carbocycles. The summed E-state index contributed by atoms with van der Waals surface area (Å²) in [4.78, 5) is 21.8. The minimum absolute atomic E-state index is 0.235. The summed E-state index contributed by atoms with van der Waals surface area (Å²) in [5.41, 5.74) is 5.69. The molecule has 88 valence electrons. The molecule has 0 fully saturated rings. The number of nitrogens with one attached hydrogen (secondary N) is 1. The second kappa shape index (κ2) is 4.92. The summed E-state index contributed by atoms with van der Waals surface area (Å²) in [5.74, 6) is -0.0273. The van der Waals surface area contributed by atoms with E-state index >= 15 is 0 Å². The molecule has 2 aromatic rings. The van der Waals surface area contributed by atoms with Crippen molar-refractivity contribution in [1.82, 2.24) is 15.3 Å². The zero-order chi connectivity index (χ0) is 12.3. The van der Waals surface area contributed by atoms with Gasteiger partial charge in [0, 0.05) is 9.75 Å². The molecule has 0 saturated heterocycles. The van der Waals surface area contributed by atoms with E-state index in [1.54, 1.807) is 11.3 Å². The zero-order valence-electron chi connectivity index (χ0n) is 9.30. The Hall–Kier alpha value is -1.95. The highest BCUT2D eigenvalue weighted by atomic mass is 32.1. The molecule has 0 aromatic carbocycles. The molecule has 5 nitrogen and oxygen atoms in total. The van der Waals surface area contributed by atoms with E-state index in [4.69, 9.17) is 5.73 Å². The van der Waals surface area contributed by atoms with Gasteiger partial charge < -0.3 is 11.1 Å². The summed E-state index contributed by atoms with van der Waals surface area (Å²) >= 11 is 1.65. The van der Waals surface area contributed by atoms with Crippen molar-refractivity contribution in [2.24, 2.45) is 0 Å². The third kappa shape index (κ3) is 3.01. The topological polar surface area (TPSA) is 80.9 Å². The van der Waals surface area contributed by atoms with Gasteiger partial charge in [0.05, 0.1) is 18.9 Å². The number of thiophene rings is 1. The Balaban J connectivity index is 1.98. The molecular formula is C11H12N4OS. The van der Waals surface area contributed by atoms with Crippen molar-refractivity contribution in [3.63, 3.8) is 0 Å². The van der Waals surface area contributed by atoms with E-state index in [2.05, 4.69) is 15.3 Å².